The van der Waals surface area contributed by atoms with Crippen LogP contribution in [-0.4, -0.2) is 97.1 Å². The van der Waals surface area contributed by atoms with E-state index < -0.39 is 10.2 Å². The Kier molecular flexibility index (Phi) is 4.54. The van der Waals surface area contributed by atoms with Crippen LogP contribution in [0, 0.1) is 0 Å². The number of hydrogen-bond donors (Lipinski definition) is 1. The van der Waals surface area contributed by atoms with Crippen molar-refractivity contribution in [3.63, 3.8) is 0 Å². The molecule has 0 bridgehead atoms. The van der Waals surface area contributed by atoms with E-state index in [9.17, 15) is 13.5 Å². The average Bonchev–Trinajstić information content (AvgIpc) is 2.42. The van der Waals surface area contributed by atoms with Gasteiger partial charge in [-0.25, -0.2) is 0 Å². The standard InChI is InChI=1S/C13H26N4O3S/c1-14-6-8-15(9-7-14)21(19,20)16-4-2-3-5-17-12(11-16)10-13(17)18/h12-13,18H,2-11H2,1H3/t12-,13-/m1/s1. The molecule has 7 nitrogen and oxygen atoms in total. The lowest BCUT2D eigenvalue weighted by atomic mass is 9.98. The van der Waals surface area contributed by atoms with Crippen LogP contribution in [0.5, 0.6) is 0 Å². The molecule has 0 aromatic heterocycles. The molecule has 1 N–H and O–H groups in total. The molecule has 0 amide bonds. The molecule has 122 valence electrons. The Bertz CT molecular complexity index is 464. The zero-order chi connectivity index (χ0) is 15.0. The molecule has 3 saturated heterocycles. The molecule has 0 saturated carbocycles. The molecule has 0 aliphatic carbocycles. The first-order valence-corrected chi connectivity index (χ1v) is 9.26. The highest BCUT2D eigenvalue weighted by molar-refractivity contribution is 7.86. The Morgan fingerprint density at radius 3 is 2.29 bits per heavy atom. The van der Waals surface area contributed by atoms with E-state index in [1.807, 2.05) is 11.9 Å². The van der Waals surface area contributed by atoms with Crippen molar-refractivity contribution in [2.75, 3.05) is 52.9 Å². The van der Waals surface area contributed by atoms with Gasteiger partial charge in [0.05, 0.1) is 0 Å². The van der Waals surface area contributed by atoms with Crippen molar-refractivity contribution in [3.05, 3.63) is 0 Å². The highest BCUT2D eigenvalue weighted by atomic mass is 32.2. The van der Waals surface area contributed by atoms with Crippen LogP contribution in [0.2, 0.25) is 0 Å². The van der Waals surface area contributed by atoms with Gasteiger partial charge in [0.15, 0.2) is 0 Å². The van der Waals surface area contributed by atoms with Crippen LogP contribution in [-0.2, 0) is 10.2 Å². The van der Waals surface area contributed by atoms with Gasteiger partial charge in [-0.1, -0.05) is 0 Å². The van der Waals surface area contributed by atoms with Crippen LogP contribution in [0.15, 0.2) is 0 Å². The second kappa shape index (κ2) is 6.10. The molecule has 0 radical (unpaired) electrons. The fraction of sp³-hybridized carbons (Fsp3) is 1.00. The van der Waals surface area contributed by atoms with Gasteiger partial charge in [-0.05, 0) is 19.9 Å². The fourth-order valence-corrected chi connectivity index (χ4v) is 5.10. The van der Waals surface area contributed by atoms with E-state index in [0.29, 0.717) is 32.6 Å². The van der Waals surface area contributed by atoms with Crippen molar-refractivity contribution in [1.82, 2.24) is 18.4 Å². The van der Waals surface area contributed by atoms with Crippen LogP contribution in [0.1, 0.15) is 19.3 Å². The van der Waals surface area contributed by atoms with Gasteiger partial charge in [-0.2, -0.15) is 17.0 Å². The molecule has 3 fully saturated rings. The number of likely N-dealkylation sites (N-methyl/N-ethyl adjacent to an activating group) is 1. The Morgan fingerprint density at radius 2 is 1.62 bits per heavy atom. The third-order valence-corrected chi connectivity index (χ3v) is 6.94. The van der Waals surface area contributed by atoms with Crippen LogP contribution in [0.4, 0.5) is 0 Å². The largest absolute Gasteiger partial charge is 0.378 e. The molecule has 0 aromatic rings. The van der Waals surface area contributed by atoms with Crippen molar-refractivity contribution in [2.24, 2.45) is 0 Å². The third kappa shape index (κ3) is 3.11. The van der Waals surface area contributed by atoms with Gasteiger partial charge in [0.1, 0.15) is 6.23 Å². The summed E-state index contributed by atoms with van der Waals surface area (Å²) in [5.41, 5.74) is 0. The monoisotopic (exact) mass is 318 g/mol. The van der Waals surface area contributed by atoms with Crippen LogP contribution in [0.3, 0.4) is 0 Å². The molecule has 3 rings (SSSR count). The van der Waals surface area contributed by atoms with E-state index in [2.05, 4.69) is 4.90 Å². The van der Waals surface area contributed by atoms with Gasteiger partial charge in [0.2, 0.25) is 0 Å². The Labute approximate surface area is 127 Å². The normalized spacial score (nSPS) is 34.8. The first-order chi connectivity index (χ1) is 9.98. The molecule has 8 heteroatoms. The van der Waals surface area contributed by atoms with E-state index >= 15 is 0 Å². The number of piperazine rings is 1. The Balaban J connectivity index is 1.68. The summed E-state index contributed by atoms with van der Waals surface area (Å²) in [4.78, 5) is 4.19. The predicted molar refractivity (Wildman–Crippen MR) is 79.9 cm³/mol. The molecular formula is C13H26N4O3S. The fourth-order valence-electron chi connectivity index (χ4n) is 3.43. The van der Waals surface area contributed by atoms with E-state index in [1.165, 1.54) is 0 Å². The smallest absolute Gasteiger partial charge is 0.282 e. The van der Waals surface area contributed by atoms with E-state index in [-0.39, 0.29) is 12.3 Å². The minimum absolute atomic E-state index is 0.183. The van der Waals surface area contributed by atoms with Gasteiger partial charge >= 0.3 is 0 Å². The lowest BCUT2D eigenvalue weighted by molar-refractivity contribution is -0.126. The third-order valence-electron chi connectivity index (χ3n) is 4.94. The highest BCUT2D eigenvalue weighted by Crippen LogP contribution is 2.28. The van der Waals surface area contributed by atoms with Gasteiger partial charge in [0, 0.05) is 58.3 Å². The van der Waals surface area contributed by atoms with E-state index in [1.54, 1.807) is 8.61 Å². The molecule has 0 aromatic carbocycles. The summed E-state index contributed by atoms with van der Waals surface area (Å²) in [5, 5.41) is 9.77. The highest BCUT2D eigenvalue weighted by Gasteiger charge is 2.42. The van der Waals surface area contributed by atoms with Crippen LogP contribution >= 0.6 is 0 Å². The topological polar surface area (TPSA) is 67.3 Å². The lowest BCUT2D eigenvalue weighted by Crippen LogP contribution is -2.63. The lowest BCUT2D eigenvalue weighted by Gasteiger charge is -2.49. The summed E-state index contributed by atoms with van der Waals surface area (Å²) in [6.45, 7) is 4.75. The first-order valence-electron chi connectivity index (χ1n) is 7.86. The summed E-state index contributed by atoms with van der Waals surface area (Å²) in [5.74, 6) is 0. The minimum Gasteiger partial charge on any atom is -0.378 e. The number of aliphatic hydroxyl groups is 1. The summed E-state index contributed by atoms with van der Waals surface area (Å²) >= 11 is 0. The van der Waals surface area contributed by atoms with Gasteiger partial charge in [-0.3, -0.25) is 4.90 Å². The molecule has 2 atom stereocenters. The first kappa shape index (κ1) is 15.6. The number of aliphatic hydroxyl groups excluding tert-OH is 1. The predicted octanol–water partition coefficient (Wildman–Crippen LogP) is -1.03. The summed E-state index contributed by atoms with van der Waals surface area (Å²) in [7, 11) is -1.33. The molecule has 3 aliphatic heterocycles. The summed E-state index contributed by atoms with van der Waals surface area (Å²) in [6, 6.07) is 0.183. The molecule has 3 heterocycles. The van der Waals surface area contributed by atoms with Gasteiger partial charge < -0.3 is 10.0 Å². The van der Waals surface area contributed by atoms with Crippen molar-refractivity contribution in [2.45, 2.75) is 31.5 Å². The Morgan fingerprint density at radius 1 is 0.952 bits per heavy atom. The van der Waals surface area contributed by atoms with E-state index in [0.717, 1.165) is 32.5 Å². The van der Waals surface area contributed by atoms with Gasteiger partial charge in [0.25, 0.3) is 10.2 Å². The zero-order valence-electron chi connectivity index (χ0n) is 12.7. The van der Waals surface area contributed by atoms with Crippen LogP contribution < -0.4 is 0 Å². The van der Waals surface area contributed by atoms with E-state index in [4.69, 9.17) is 0 Å². The molecular weight excluding hydrogens is 292 g/mol. The van der Waals surface area contributed by atoms with Crippen molar-refractivity contribution >= 4 is 10.2 Å². The van der Waals surface area contributed by atoms with Crippen LogP contribution in [0.25, 0.3) is 0 Å². The molecule has 21 heavy (non-hydrogen) atoms. The molecule has 0 unspecified atom stereocenters. The summed E-state index contributed by atoms with van der Waals surface area (Å²) < 4.78 is 28.9. The molecule has 3 aliphatic rings. The number of rotatable bonds is 2. The SMILES string of the molecule is CN1CCN(S(=O)(=O)N2CCCCN3[C@H](C[C@H]3O)C2)CC1. The quantitative estimate of drug-likeness (QED) is 0.705. The van der Waals surface area contributed by atoms with Gasteiger partial charge in [-0.15, -0.1) is 0 Å². The Hall–Kier alpha value is -0.250. The average molecular weight is 318 g/mol. The van der Waals surface area contributed by atoms with Crippen molar-refractivity contribution in [1.29, 1.82) is 0 Å². The maximum atomic E-state index is 12.8. The number of nitrogens with zero attached hydrogens (tertiary/aromatic N) is 4. The van der Waals surface area contributed by atoms with Crippen molar-refractivity contribution in [3.8, 4) is 0 Å². The minimum atomic E-state index is -3.36. The van der Waals surface area contributed by atoms with Crippen molar-refractivity contribution < 1.29 is 13.5 Å². The number of fused-ring (bicyclic) bond motifs is 1. The maximum absolute atomic E-state index is 12.8. The maximum Gasteiger partial charge on any atom is 0.282 e. The molecule has 0 spiro atoms. The number of hydrogen-bond acceptors (Lipinski definition) is 5. The second-order valence-electron chi connectivity index (χ2n) is 6.38. The second-order valence-corrected chi connectivity index (χ2v) is 8.31. The summed E-state index contributed by atoms with van der Waals surface area (Å²) in [6.07, 6.45) is 2.13. The zero-order valence-corrected chi connectivity index (χ0v) is 13.5.